The zero-order valence-corrected chi connectivity index (χ0v) is 30.3. The summed E-state index contributed by atoms with van der Waals surface area (Å²) < 4.78 is 27.6. The van der Waals surface area contributed by atoms with Crippen molar-refractivity contribution in [1.82, 2.24) is 0 Å². The molecule has 4 atom stereocenters. The van der Waals surface area contributed by atoms with Gasteiger partial charge in [-0.3, -0.25) is 0 Å². The van der Waals surface area contributed by atoms with E-state index in [0.717, 1.165) is 19.3 Å². The van der Waals surface area contributed by atoms with Crippen molar-refractivity contribution in [3.63, 3.8) is 0 Å². The fraction of sp³-hybridized carbons (Fsp3) is 0.667. The van der Waals surface area contributed by atoms with Gasteiger partial charge in [-0.1, -0.05) is 123 Å². The van der Waals surface area contributed by atoms with Crippen LogP contribution < -0.4 is 10.4 Å². The Hall–Kier alpha value is -1.33. The third-order valence-electron chi connectivity index (χ3n) is 10.2. The van der Waals surface area contributed by atoms with E-state index in [9.17, 15) is 5.11 Å². The van der Waals surface area contributed by atoms with Crippen LogP contribution in [0.3, 0.4) is 0 Å². The molecule has 5 nitrogen and oxygen atoms in total. The third-order valence-corrected chi connectivity index (χ3v) is 21.3. The predicted octanol–water partition coefficient (Wildman–Crippen LogP) is 7.56. The first-order valence-corrected chi connectivity index (χ1v) is 20.8. The van der Waals surface area contributed by atoms with Crippen molar-refractivity contribution in [2.75, 3.05) is 13.2 Å². The molecular weight excluding hydrogens is 569 g/mol. The number of hydrogen-bond acceptors (Lipinski definition) is 5. The topological polar surface area (TPSA) is 57.2 Å². The zero-order chi connectivity index (χ0) is 31.5. The largest absolute Gasteiger partial charge is 0.410 e. The van der Waals surface area contributed by atoms with Crippen LogP contribution in [0.25, 0.3) is 0 Å². The summed E-state index contributed by atoms with van der Waals surface area (Å²) in [4.78, 5) is 0. The Kier molecular flexibility index (Phi) is 11.2. The Morgan fingerprint density at radius 1 is 0.860 bits per heavy atom. The summed E-state index contributed by atoms with van der Waals surface area (Å²) in [5, 5.41) is 14.3. The Morgan fingerprint density at radius 3 is 1.84 bits per heavy atom. The van der Waals surface area contributed by atoms with Gasteiger partial charge in [-0.25, -0.2) is 0 Å². The van der Waals surface area contributed by atoms with Crippen molar-refractivity contribution < 1.29 is 23.4 Å². The SMILES string of the molecule is CC(C)[Si](O[C@@H]1C[C@@H](CCO[Si](c2ccccc2)(c2ccccc2)C(C)(C)C)O[C@@]2(CCCCO2)[C@H]1O)(C(C)C)C(C)C. The summed E-state index contributed by atoms with van der Waals surface area (Å²) >= 11 is 0. The summed E-state index contributed by atoms with van der Waals surface area (Å²) in [6.45, 7) is 22.0. The van der Waals surface area contributed by atoms with E-state index in [2.05, 4.69) is 123 Å². The molecule has 2 heterocycles. The first kappa shape index (κ1) is 34.5. The van der Waals surface area contributed by atoms with Gasteiger partial charge in [0.25, 0.3) is 8.32 Å². The van der Waals surface area contributed by atoms with Crippen LogP contribution in [0.4, 0.5) is 0 Å². The van der Waals surface area contributed by atoms with Crippen LogP contribution in [0, 0.1) is 0 Å². The highest BCUT2D eigenvalue weighted by molar-refractivity contribution is 6.99. The average Bonchev–Trinajstić information content (AvgIpc) is 2.96. The standard InChI is InChI=1S/C36H58O5Si2/c1-27(2)42(28(3)4,29(5)6)41-33-26-30(40-36(34(33)37)23-16-17-24-38-36)22-25-39-43(35(7,8)9,31-18-12-10-13-19-31)32-20-14-11-15-21-32/h10-15,18-21,27-30,33-34,37H,16-17,22-26H2,1-9H3/t30-,33-,34+,36+/m1/s1. The van der Waals surface area contributed by atoms with Crippen LogP contribution in [0.2, 0.25) is 21.7 Å². The van der Waals surface area contributed by atoms with Crippen molar-refractivity contribution in [2.45, 2.75) is 140 Å². The summed E-state index contributed by atoms with van der Waals surface area (Å²) in [7, 11) is -4.89. The summed E-state index contributed by atoms with van der Waals surface area (Å²) in [5.74, 6) is -1.01. The Balaban J connectivity index is 1.64. The fourth-order valence-electron chi connectivity index (χ4n) is 8.25. The first-order chi connectivity index (χ1) is 20.3. The van der Waals surface area contributed by atoms with E-state index in [1.165, 1.54) is 10.4 Å². The molecule has 4 rings (SSSR count). The lowest BCUT2D eigenvalue weighted by molar-refractivity contribution is -0.351. The highest BCUT2D eigenvalue weighted by atomic mass is 28.4. The number of hydrogen-bond donors (Lipinski definition) is 1. The third kappa shape index (κ3) is 6.79. The molecule has 2 aliphatic heterocycles. The van der Waals surface area contributed by atoms with Crippen LogP contribution in [-0.4, -0.2) is 59.1 Å². The molecule has 240 valence electrons. The van der Waals surface area contributed by atoms with Crippen molar-refractivity contribution in [3.05, 3.63) is 60.7 Å². The number of aliphatic hydroxyl groups excluding tert-OH is 1. The van der Waals surface area contributed by atoms with Gasteiger partial charge >= 0.3 is 0 Å². The summed E-state index contributed by atoms with van der Waals surface area (Å²) in [6, 6.07) is 21.6. The minimum absolute atomic E-state index is 0.0876. The molecule has 2 aromatic rings. The van der Waals surface area contributed by atoms with E-state index in [1.807, 2.05) is 0 Å². The molecule has 2 fully saturated rings. The molecule has 0 radical (unpaired) electrons. The van der Waals surface area contributed by atoms with Crippen molar-refractivity contribution in [1.29, 1.82) is 0 Å². The van der Waals surface area contributed by atoms with Gasteiger partial charge in [-0.2, -0.15) is 0 Å². The van der Waals surface area contributed by atoms with Crippen LogP contribution >= 0.6 is 0 Å². The molecule has 43 heavy (non-hydrogen) atoms. The molecule has 1 spiro atoms. The van der Waals surface area contributed by atoms with E-state index in [1.54, 1.807) is 0 Å². The van der Waals surface area contributed by atoms with E-state index < -0.39 is 28.5 Å². The minimum atomic E-state index is -2.66. The molecular formula is C36H58O5Si2. The highest BCUT2D eigenvalue weighted by Crippen LogP contribution is 2.47. The quantitative estimate of drug-likeness (QED) is 0.261. The maximum Gasteiger partial charge on any atom is 0.261 e. The lowest BCUT2D eigenvalue weighted by Gasteiger charge is -2.53. The molecule has 0 bridgehead atoms. The van der Waals surface area contributed by atoms with Crippen molar-refractivity contribution in [3.8, 4) is 0 Å². The molecule has 1 N–H and O–H groups in total. The zero-order valence-electron chi connectivity index (χ0n) is 28.3. The van der Waals surface area contributed by atoms with Gasteiger partial charge in [0.1, 0.15) is 6.10 Å². The monoisotopic (exact) mass is 626 g/mol. The van der Waals surface area contributed by atoms with Crippen molar-refractivity contribution in [2.24, 2.45) is 0 Å². The normalized spacial score (nSPS) is 25.7. The fourth-order valence-corrected chi connectivity index (χ4v) is 18.4. The number of aliphatic hydroxyl groups is 1. The maximum absolute atomic E-state index is 11.9. The molecule has 0 amide bonds. The molecule has 2 aromatic carbocycles. The number of ether oxygens (including phenoxy) is 2. The predicted molar refractivity (Wildman–Crippen MR) is 182 cm³/mol. The van der Waals surface area contributed by atoms with Crippen LogP contribution in [0.1, 0.15) is 94.4 Å². The molecule has 0 unspecified atom stereocenters. The first-order valence-electron chi connectivity index (χ1n) is 16.7. The van der Waals surface area contributed by atoms with Gasteiger partial charge in [0.2, 0.25) is 8.32 Å². The van der Waals surface area contributed by atoms with E-state index >= 15 is 0 Å². The molecule has 0 aliphatic carbocycles. The van der Waals surface area contributed by atoms with E-state index in [0.29, 0.717) is 42.7 Å². The second-order valence-corrected chi connectivity index (χ2v) is 24.5. The second-order valence-electron chi connectivity index (χ2n) is 14.8. The van der Waals surface area contributed by atoms with Crippen LogP contribution in [-0.2, 0) is 18.3 Å². The van der Waals surface area contributed by atoms with Crippen LogP contribution in [0.5, 0.6) is 0 Å². The molecule has 2 aliphatic rings. The van der Waals surface area contributed by atoms with Gasteiger partial charge in [0.05, 0.1) is 18.8 Å². The minimum Gasteiger partial charge on any atom is -0.410 e. The average molecular weight is 627 g/mol. The Labute approximate surface area is 263 Å². The summed E-state index contributed by atoms with van der Waals surface area (Å²) in [5.41, 5.74) is 1.30. The Bertz CT molecular complexity index is 1060. The molecule has 0 saturated carbocycles. The van der Waals surface area contributed by atoms with Gasteiger partial charge in [-0.15, -0.1) is 0 Å². The molecule has 7 heteroatoms. The molecule has 0 aromatic heterocycles. The van der Waals surface area contributed by atoms with E-state index in [4.69, 9.17) is 18.3 Å². The maximum atomic E-state index is 11.9. The molecule has 2 saturated heterocycles. The lowest BCUT2D eigenvalue weighted by atomic mass is 9.89. The lowest BCUT2D eigenvalue weighted by Crippen LogP contribution is -2.67. The van der Waals surface area contributed by atoms with Gasteiger partial charge in [0, 0.05) is 19.4 Å². The second kappa shape index (κ2) is 14.0. The van der Waals surface area contributed by atoms with Gasteiger partial charge in [-0.05, 0) is 51.3 Å². The summed E-state index contributed by atoms with van der Waals surface area (Å²) in [6.07, 6.45) is 2.80. The van der Waals surface area contributed by atoms with E-state index in [-0.39, 0.29) is 17.2 Å². The van der Waals surface area contributed by atoms with Gasteiger partial charge < -0.3 is 23.4 Å². The van der Waals surface area contributed by atoms with Crippen LogP contribution in [0.15, 0.2) is 60.7 Å². The highest BCUT2D eigenvalue weighted by Gasteiger charge is 2.56. The smallest absolute Gasteiger partial charge is 0.261 e. The Morgan fingerprint density at radius 2 is 1.40 bits per heavy atom. The van der Waals surface area contributed by atoms with Gasteiger partial charge in [0.15, 0.2) is 5.79 Å². The number of rotatable bonds is 11. The van der Waals surface area contributed by atoms with Crippen molar-refractivity contribution >= 4 is 27.0 Å². The number of benzene rings is 2.